The van der Waals surface area contributed by atoms with Gasteiger partial charge in [-0.2, -0.15) is 0 Å². The predicted molar refractivity (Wildman–Crippen MR) is 99.0 cm³/mol. The van der Waals surface area contributed by atoms with Crippen molar-refractivity contribution in [2.45, 2.75) is 40.5 Å². The number of methoxy groups -OCH3 is 1. The van der Waals surface area contributed by atoms with Gasteiger partial charge in [-0.1, -0.05) is 13.8 Å². The summed E-state index contributed by atoms with van der Waals surface area (Å²) in [7, 11) is 1.64. The van der Waals surface area contributed by atoms with Crippen molar-refractivity contribution in [2.24, 2.45) is 5.92 Å². The molecule has 138 valence electrons. The normalized spacial score (nSPS) is 14.8. The summed E-state index contributed by atoms with van der Waals surface area (Å²) >= 11 is 0. The maximum Gasteiger partial charge on any atom is 0.254 e. The van der Waals surface area contributed by atoms with Crippen LogP contribution in [-0.2, 0) is 4.79 Å². The third-order valence-electron chi connectivity index (χ3n) is 5.40. The fourth-order valence-electron chi connectivity index (χ4n) is 3.45. The Balaban J connectivity index is 2.05. The SMILES string of the molecule is CCC(CC)C(=O)N1CCN(C(=O)c2ccc(OC)c(C)c2C)CC1. The quantitative estimate of drug-likeness (QED) is 0.823. The molecule has 0 spiro atoms. The first-order valence-electron chi connectivity index (χ1n) is 9.16. The molecule has 0 atom stereocenters. The van der Waals surface area contributed by atoms with Crippen LogP contribution in [0.1, 0.15) is 48.2 Å². The Morgan fingerprint density at radius 1 is 1.00 bits per heavy atom. The maximum atomic E-state index is 12.9. The number of ether oxygens (including phenoxy) is 1. The number of carbonyl (C=O) groups excluding carboxylic acids is 2. The second-order valence-corrected chi connectivity index (χ2v) is 6.70. The predicted octanol–water partition coefficient (Wildman–Crippen LogP) is 3.03. The minimum Gasteiger partial charge on any atom is -0.496 e. The summed E-state index contributed by atoms with van der Waals surface area (Å²) in [4.78, 5) is 29.1. The van der Waals surface area contributed by atoms with E-state index in [4.69, 9.17) is 4.74 Å². The van der Waals surface area contributed by atoms with E-state index >= 15 is 0 Å². The van der Waals surface area contributed by atoms with Gasteiger partial charge in [0.15, 0.2) is 0 Å². The topological polar surface area (TPSA) is 49.9 Å². The molecule has 0 bridgehead atoms. The summed E-state index contributed by atoms with van der Waals surface area (Å²) < 4.78 is 5.32. The molecule has 2 rings (SSSR count). The lowest BCUT2D eigenvalue weighted by Gasteiger charge is -2.36. The minimum absolute atomic E-state index is 0.0397. The third kappa shape index (κ3) is 3.97. The molecule has 1 aromatic rings. The van der Waals surface area contributed by atoms with Crippen molar-refractivity contribution in [3.05, 3.63) is 28.8 Å². The van der Waals surface area contributed by atoms with Crippen molar-refractivity contribution in [2.75, 3.05) is 33.3 Å². The standard InChI is InChI=1S/C20H30N2O3/c1-6-16(7-2)19(23)21-10-12-22(13-11-21)20(24)17-8-9-18(25-5)15(4)14(17)3/h8-9,16H,6-7,10-13H2,1-5H3. The largest absolute Gasteiger partial charge is 0.496 e. The monoisotopic (exact) mass is 346 g/mol. The van der Waals surface area contributed by atoms with Crippen molar-refractivity contribution in [1.82, 2.24) is 9.80 Å². The van der Waals surface area contributed by atoms with Crippen LogP contribution in [0, 0.1) is 19.8 Å². The van der Waals surface area contributed by atoms with Crippen LogP contribution in [0.2, 0.25) is 0 Å². The number of benzene rings is 1. The van der Waals surface area contributed by atoms with Crippen LogP contribution in [-0.4, -0.2) is 54.9 Å². The first-order chi connectivity index (χ1) is 11.9. The zero-order valence-corrected chi connectivity index (χ0v) is 16.1. The van der Waals surface area contributed by atoms with E-state index in [0.29, 0.717) is 26.2 Å². The first kappa shape index (κ1) is 19.3. The number of rotatable bonds is 5. The summed E-state index contributed by atoms with van der Waals surface area (Å²) in [6.07, 6.45) is 1.75. The number of hydrogen-bond donors (Lipinski definition) is 0. The summed E-state index contributed by atoms with van der Waals surface area (Å²) in [5.41, 5.74) is 2.67. The van der Waals surface area contributed by atoms with Crippen molar-refractivity contribution in [1.29, 1.82) is 0 Å². The van der Waals surface area contributed by atoms with Crippen LogP contribution >= 0.6 is 0 Å². The summed E-state index contributed by atoms with van der Waals surface area (Å²) in [5, 5.41) is 0. The zero-order chi connectivity index (χ0) is 18.6. The van der Waals surface area contributed by atoms with E-state index in [1.54, 1.807) is 7.11 Å². The molecule has 0 saturated carbocycles. The molecule has 0 aromatic heterocycles. The van der Waals surface area contributed by atoms with Crippen LogP contribution in [0.15, 0.2) is 12.1 Å². The van der Waals surface area contributed by atoms with Crippen molar-refractivity contribution in [3.8, 4) is 5.75 Å². The molecule has 1 aromatic carbocycles. The molecule has 0 aliphatic carbocycles. The van der Waals surface area contributed by atoms with Gasteiger partial charge in [0.25, 0.3) is 5.91 Å². The zero-order valence-electron chi connectivity index (χ0n) is 16.1. The fourth-order valence-corrected chi connectivity index (χ4v) is 3.45. The Bertz CT molecular complexity index is 630. The first-order valence-corrected chi connectivity index (χ1v) is 9.16. The Hall–Kier alpha value is -2.04. The van der Waals surface area contributed by atoms with Gasteiger partial charge in [-0.3, -0.25) is 9.59 Å². The molecule has 1 saturated heterocycles. The molecule has 1 aliphatic heterocycles. The van der Waals surface area contributed by atoms with Crippen LogP contribution < -0.4 is 4.74 Å². The molecule has 1 aliphatic rings. The van der Waals surface area contributed by atoms with E-state index in [0.717, 1.165) is 35.3 Å². The highest BCUT2D eigenvalue weighted by atomic mass is 16.5. The molecule has 25 heavy (non-hydrogen) atoms. The lowest BCUT2D eigenvalue weighted by molar-refractivity contribution is -0.137. The Morgan fingerprint density at radius 3 is 2.08 bits per heavy atom. The summed E-state index contributed by atoms with van der Waals surface area (Å²) in [6.45, 7) is 10.5. The van der Waals surface area contributed by atoms with Crippen molar-refractivity contribution < 1.29 is 14.3 Å². The van der Waals surface area contributed by atoms with E-state index in [1.165, 1.54) is 0 Å². The van der Waals surface area contributed by atoms with Crippen molar-refractivity contribution >= 4 is 11.8 Å². The fraction of sp³-hybridized carbons (Fsp3) is 0.600. The lowest BCUT2D eigenvalue weighted by atomic mass is 10.00. The summed E-state index contributed by atoms with van der Waals surface area (Å²) in [5.74, 6) is 1.18. The highest BCUT2D eigenvalue weighted by Gasteiger charge is 2.28. The van der Waals surface area contributed by atoms with E-state index < -0.39 is 0 Å². The van der Waals surface area contributed by atoms with E-state index in [2.05, 4.69) is 13.8 Å². The van der Waals surface area contributed by atoms with Gasteiger partial charge in [-0.05, 0) is 49.9 Å². The van der Waals surface area contributed by atoms with Gasteiger partial charge < -0.3 is 14.5 Å². The van der Waals surface area contributed by atoms with Crippen molar-refractivity contribution in [3.63, 3.8) is 0 Å². The molecule has 2 amide bonds. The van der Waals surface area contributed by atoms with Gasteiger partial charge in [0.05, 0.1) is 7.11 Å². The van der Waals surface area contributed by atoms with Gasteiger partial charge in [-0.25, -0.2) is 0 Å². The van der Waals surface area contributed by atoms with Gasteiger partial charge >= 0.3 is 0 Å². The van der Waals surface area contributed by atoms with E-state index in [-0.39, 0.29) is 17.7 Å². The van der Waals surface area contributed by atoms with Crippen LogP contribution in [0.4, 0.5) is 0 Å². The van der Waals surface area contributed by atoms with Gasteiger partial charge in [0.2, 0.25) is 5.91 Å². The maximum absolute atomic E-state index is 12.9. The van der Waals surface area contributed by atoms with Crippen LogP contribution in [0.25, 0.3) is 0 Å². The summed E-state index contributed by atoms with van der Waals surface area (Å²) in [6, 6.07) is 3.69. The van der Waals surface area contributed by atoms with Crippen LogP contribution in [0.3, 0.4) is 0 Å². The van der Waals surface area contributed by atoms with E-state index in [9.17, 15) is 9.59 Å². The Labute approximate surface area is 150 Å². The minimum atomic E-state index is 0.0397. The van der Waals surface area contributed by atoms with Gasteiger partial charge in [0.1, 0.15) is 5.75 Å². The van der Waals surface area contributed by atoms with Gasteiger partial charge in [0, 0.05) is 37.7 Å². The molecule has 0 N–H and O–H groups in total. The number of piperazine rings is 1. The second kappa shape index (κ2) is 8.37. The molecule has 1 heterocycles. The second-order valence-electron chi connectivity index (χ2n) is 6.70. The average Bonchev–Trinajstić information content (AvgIpc) is 2.64. The molecule has 1 fully saturated rings. The van der Waals surface area contributed by atoms with E-state index in [1.807, 2.05) is 35.8 Å². The highest BCUT2D eigenvalue weighted by Crippen LogP contribution is 2.25. The lowest BCUT2D eigenvalue weighted by Crippen LogP contribution is -2.52. The Morgan fingerprint density at radius 2 is 1.56 bits per heavy atom. The van der Waals surface area contributed by atoms with Gasteiger partial charge in [-0.15, -0.1) is 0 Å². The number of nitrogens with zero attached hydrogens (tertiary/aromatic N) is 2. The molecule has 5 nitrogen and oxygen atoms in total. The average molecular weight is 346 g/mol. The number of amides is 2. The molecular weight excluding hydrogens is 316 g/mol. The smallest absolute Gasteiger partial charge is 0.254 e. The molecule has 0 unspecified atom stereocenters. The number of carbonyl (C=O) groups is 2. The molecule has 5 heteroatoms. The number of hydrogen-bond acceptors (Lipinski definition) is 3. The molecular formula is C20H30N2O3. The third-order valence-corrected chi connectivity index (χ3v) is 5.40. The highest BCUT2D eigenvalue weighted by molar-refractivity contribution is 5.96. The Kier molecular flexibility index (Phi) is 6.45. The molecule has 0 radical (unpaired) electrons. The van der Waals surface area contributed by atoms with Crippen LogP contribution in [0.5, 0.6) is 5.75 Å².